The molecular weight excluding hydrogens is 348 g/mol. The van der Waals surface area contributed by atoms with Gasteiger partial charge in [-0.3, -0.25) is 4.79 Å². The molecule has 0 amide bonds. The molecule has 6 nitrogen and oxygen atoms in total. The lowest BCUT2D eigenvalue weighted by atomic mass is 10.1. The highest BCUT2D eigenvalue weighted by Crippen LogP contribution is 2.17. The highest BCUT2D eigenvalue weighted by atomic mass is 16.7. The van der Waals surface area contributed by atoms with E-state index in [1.54, 1.807) is 26.4 Å². The minimum absolute atomic E-state index is 0.141. The van der Waals surface area contributed by atoms with Crippen molar-refractivity contribution in [2.75, 3.05) is 34.2 Å². The summed E-state index contributed by atoms with van der Waals surface area (Å²) in [5.74, 6) is 0.801. The normalized spacial score (nSPS) is 13.4. The second-order valence-electron chi connectivity index (χ2n) is 5.72. The molecule has 6 heteroatoms. The number of methoxy groups -OCH3 is 2. The van der Waals surface area contributed by atoms with Crippen molar-refractivity contribution >= 4 is 6.29 Å². The maximum Gasteiger partial charge on any atom is 0.147 e. The van der Waals surface area contributed by atoms with E-state index >= 15 is 0 Å². The molecule has 150 valence electrons. The molecule has 27 heavy (non-hydrogen) atoms. The van der Waals surface area contributed by atoms with E-state index in [0.29, 0.717) is 32.7 Å². The van der Waals surface area contributed by atoms with Crippen LogP contribution in [0.25, 0.3) is 0 Å². The van der Waals surface area contributed by atoms with Gasteiger partial charge in [0.1, 0.15) is 24.9 Å². The molecule has 0 radical (unpaired) electrons. The molecule has 0 aromatic heterocycles. The van der Waals surface area contributed by atoms with Crippen molar-refractivity contribution in [1.82, 2.24) is 0 Å². The van der Waals surface area contributed by atoms with Crippen molar-refractivity contribution in [3.63, 3.8) is 0 Å². The second kappa shape index (κ2) is 15.1. The Bertz CT molecular complexity index is 540. The van der Waals surface area contributed by atoms with Crippen molar-refractivity contribution in [1.29, 1.82) is 0 Å². The number of hydrogen-bond acceptors (Lipinski definition) is 6. The van der Waals surface area contributed by atoms with Crippen molar-refractivity contribution in [3.05, 3.63) is 54.6 Å². The molecule has 0 aliphatic carbocycles. The Hall–Kier alpha value is -1.99. The van der Waals surface area contributed by atoms with Gasteiger partial charge in [0.15, 0.2) is 0 Å². The van der Waals surface area contributed by atoms with Crippen LogP contribution < -0.4 is 4.74 Å². The number of aldehydes is 1. The zero-order valence-electron chi connectivity index (χ0n) is 16.2. The van der Waals surface area contributed by atoms with Crippen LogP contribution in [-0.2, 0) is 30.3 Å². The average Bonchev–Trinajstić information content (AvgIpc) is 2.71. The Labute approximate surface area is 161 Å². The molecule has 2 atom stereocenters. The van der Waals surface area contributed by atoms with Gasteiger partial charge >= 0.3 is 0 Å². The lowest BCUT2D eigenvalue weighted by Gasteiger charge is -2.25. The number of carbonyl (C=O) groups is 1. The fourth-order valence-electron chi connectivity index (χ4n) is 2.33. The third-order valence-corrected chi connectivity index (χ3v) is 3.83. The van der Waals surface area contributed by atoms with Crippen LogP contribution >= 0.6 is 0 Å². The van der Waals surface area contributed by atoms with Crippen LogP contribution in [0.15, 0.2) is 49.1 Å². The van der Waals surface area contributed by atoms with E-state index in [1.807, 2.05) is 24.3 Å². The van der Waals surface area contributed by atoms with Crippen molar-refractivity contribution in [2.24, 2.45) is 0 Å². The van der Waals surface area contributed by atoms with Gasteiger partial charge in [0, 0.05) is 7.11 Å². The Balaban J connectivity index is 2.58. The first kappa shape index (κ1) is 23.0. The summed E-state index contributed by atoms with van der Waals surface area (Å²) in [4.78, 5) is 10.4. The molecule has 0 aliphatic heterocycles. The van der Waals surface area contributed by atoms with E-state index in [4.69, 9.17) is 23.7 Å². The minimum Gasteiger partial charge on any atom is -0.497 e. The van der Waals surface area contributed by atoms with Gasteiger partial charge in [-0.05, 0) is 36.6 Å². The second-order valence-corrected chi connectivity index (χ2v) is 5.72. The maximum atomic E-state index is 10.4. The highest BCUT2D eigenvalue weighted by molar-refractivity contribution is 5.64. The van der Waals surface area contributed by atoms with Gasteiger partial charge in [-0.25, -0.2) is 0 Å². The fraction of sp³-hybridized carbons (Fsp3) is 0.476. The van der Waals surface area contributed by atoms with Crippen LogP contribution in [0.2, 0.25) is 0 Å². The van der Waals surface area contributed by atoms with Gasteiger partial charge in [0.2, 0.25) is 0 Å². The maximum absolute atomic E-state index is 10.4. The van der Waals surface area contributed by atoms with Crippen LogP contribution in [-0.4, -0.2) is 52.7 Å². The van der Waals surface area contributed by atoms with E-state index in [9.17, 15) is 4.79 Å². The number of rotatable bonds is 16. The molecule has 0 N–H and O–H groups in total. The zero-order valence-corrected chi connectivity index (χ0v) is 16.2. The summed E-state index contributed by atoms with van der Waals surface area (Å²) in [6.45, 7) is 5.40. The third-order valence-electron chi connectivity index (χ3n) is 3.83. The van der Waals surface area contributed by atoms with Gasteiger partial charge in [-0.1, -0.05) is 24.3 Å². The minimum atomic E-state index is -0.303. The molecule has 0 spiro atoms. The molecule has 0 saturated heterocycles. The number of ether oxygens (including phenoxy) is 5. The van der Waals surface area contributed by atoms with Crippen LogP contribution in [0.5, 0.6) is 5.75 Å². The van der Waals surface area contributed by atoms with E-state index in [-0.39, 0.29) is 19.0 Å². The SMILES string of the molecule is C=C[C@H](OCc1ccc(OC)cc1)[C@H](CC/C=C/C=O)OCOCCOC. The van der Waals surface area contributed by atoms with E-state index in [1.165, 1.54) is 6.08 Å². The van der Waals surface area contributed by atoms with Gasteiger partial charge in [-0.2, -0.15) is 0 Å². The van der Waals surface area contributed by atoms with Gasteiger partial charge in [0.25, 0.3) is 0 Å². The molecule has 1 aromatic carbocycles. The van der Waals surface area contributed by atoms with Crippen LogP contribution in [0.4, 0.5) is 0 Å². The summed E-state index contributed by atoms with van der Waals surface area (Å²) >= 11 is 0. The largest absolute Gasteiger partial charge is 0.497 e. The van der Waals surface area contributed by atoms with Crippen LogP contribution in [0.3, 0.4) is 0 Å². The summed E-state index contributed by atoms with van der Waals surface area (Å²) in [5, 5.41) is 0. The lowest BCUT2D eigenvalue weighted by Crippen LogP contribution is -2.31. The predicted octanol–water partition coefficient (Wildman–Crippen LogP) is 3.31. The number of hydrogen-bond donors (Lipinski definition) is 0. The first-order valence-electron chi connectivity index (χ1n) is 8.90. The summed E-state index contributed by atoms with van der Waals surface area (Å²) in [6, 6.07) is 7.69. The smallest absolute Gasteiger partial charge is 0.147 e. The first-order chi connectivity index (χ1) is 13.2. The third kappa shape index (κ3) is 10.1. The summed E-state index contributed by atoms with van der Waals surface area (Å²) in [6.07, 6.45) is 6.60. The molecular formula is C21H30O6. The Morgan fingerprint density at radius 2 is 1.89 bits per heavy atom. The Kier molecular flexibility index (Phi) is 12.9. The lowest BCUT2D eigenvalue weighted by molar-refractivity contribution is -0.135. The van der Waals surface area contributed by atoms with Crippen molar-refractivity contribution in [3.8, 4) is 5.75 Å². The molecule has 1 rings (SSSR count). The fourth-order valence-corrected chi connectivity index (χ4v) is 2.33. The standard InChI is InChI=1S/C21H30O6/c1-4-20(26-16-18-9-11-19(24-3)12-10-18)21(8-6-5-7-13-22)27-17-25-15-14-23-2/h4-5,7,9-13,20-21H,1,6,8,14-17H2,2-3H3/b7-5+/t20-,21-/m0/s1. The Morgan fingerprint density at radius 1 is 1.11 bits per heavy atom. The van der Waals surface area contributed by atoms with E-state index in [0.717, 1.165) is 17.6 Å². The van der Waals surface area contributed by atoms with Crippen molar-refractivity contribution in [2.45, 2.75) is 31.7 Å². The summed E-state index contributed by atoms with van der Waals surface area (Å²) < 4.78 is 27.3. The summed E-state index contributed by atoms with van der Waals surface area (Å²) in [5.41, 5.74) is 1.03. The number of benzene rings is 1. The predicted molar refractivity (Wildman–Crippen MR) is 104 cm³/mol. The zero-order chi connectivity index (χ0) is 19.7. The average molecular weight is 378 g/mol. The number of carbonyl (C=O) groups excluding carboxylic acids is 1. The molecule has 0 unspecified atom stereocenters. The van der Waals surface area contributed by atoms with Crippen LogP contribution in [0.1, 0.15) is 18.4 Å². The molecule has 0 fully saturated rings. The quantitative estimate of drug-likeness (QED) is 0.145. The van der Waals surface area contributed by atoms with E-state index in [2.05, 4.69) is 6.58 Å². The van der Waals surface area contributed by atoms with Crippen molar-refractivity contribution < 1.29 is 28.5 Å². The Morgan fingerprint density at radius 3 is 2.52 bits per heavy atom. The topological polar surface area (TPSA) is 63.2 Å². The summed E-state index contributed by atoms with van der Waals surface area (Å²) in [7, 11) is 3.25. The monoisotopic (exact) mass is 378 g/mol. The van der Waals surface area contributed by atoms with Crippen LogP contribution in [0, 0.1) is 0 Å². The number of allylic oxidation sites excluding steroid dienone is 2. The highest BCUT2D eigenvalue weighted by Gasteiger charge is 2.20. The van der Waals surface area contributed by atoms with Gasteiger partial charge in [0.05, 0.1) is 33.0 Å². The molecule has 0 aliphatic rings. The van der Waals surface area contributed by atoms with E-state index < -0.39 is 0 Å². The van der Waals surface area contributed by atoms with Gasteiger partial charge in [-0.15, -0.1) is 6.58 Å². The molecule has 0 heterocycles. The van der Waals surface area contributed by atoms with Gasteiger partial charge < -0.3 is 23.7 Å². The molecule has 1 aromatic rings. The molecule has 0 bridgehead atoms. The molecule has 0 saturated carbocycles. The first-order valence-corrected chi connectivity index (χ1v) is 8.90.